The highest BCUT2D eigenvalue weighted by atomic mass is 16.5. The van der Waals surface area contributed by atoms with Crippen molar-refractivity contribution in [2.45, 2.75) is 34.2 Å². The summed E-state index contributed by atoms with van der Waals surface area (Å²) in [5, 5.41) is 9.24. The van der Waals surface area contributed by atoms with Crippen LogP contribution >= 0.6 is 0 Å². The molecule has 7 nitrogen and oxygen atoms in total. The Morgan fingerprint density at radius 3 is 2.64 bits per heavy atom. The van der Waals surface area contributed by atoms with Crippen LogP contribution in [0.4, 0.5) is 0 Å². The van der Waals surface area contributed by atoms with E-state index in [2.05, 4.69) is 10.2 Å². The summed E-state index contributed by atoms with van der Waals surface area (Å²) < 4.78 is 7.65. The number of hydrogen-bond acceptors (Lipinski definition) is 5. The molecule has 25 heavy (non-hydrogen) atoms. The van der Waals surface area contributed by atoms with Crippen LogP contribution in [0.15, 0.2) is 29.2 Å². The van der Waals surface area contributed by atoms with Crippen LogP contribution in [0.25, 0.3) is 16.6 Å². The second kappa shape index (κ2) is 6.51. The van der Waals surface area contributed by atoms with E-state index in [1.807, 2.05) is 32.0 Å². The summed E-state index contributed by atoms with van der Waals surface area (Å²) in [7, 11) is 0. The standard InChI is InChI=1S/C18H20N4O3/c1-5-25-16(23)10-21-18(24)17-15(13(4)20-21)9-19-22(17)14-7-6-11(2)12(3)8-14/h6-9H,5,10H2,1-4H3. The van der Waals surface area contributed by atoms with Gasteiger partial charge in [-0.05, 0) is 51.0 Å². The lowest BCUT2D eigenvalue weighted by Gasteiger charge is -2.09. The molecular formula is C18H20N4O3. The van der Waals surface area contributed by atoms with Crippen molar-refractivity contribution in [2.75, 3.05) is 6.61 Å². The highest BCUT2D eigenvalue weighted by Gasteiger charge is 2.17. The van der Waals surface area contributed by atoms with Crippen molar-refractivity contribution >= 4 is 16.9 Å². The number of aryl methyl sites for hydroxylation is 3. The number of rotatable bonds is 4. The van der Waals surface area contributed by atoms with Crippen LogP contribution in [-0.2, 0) is 16.1 Å². The molecule has 3 aromatic rings. The quantitative estimate of drug-likeness (QED) is 0.679. The summed E-state index contributed by atoms with van der Waals surface area (Å²) in [6, 6.07) is 5.88. The maximum absolute atomic E-state index is 12.9. The van der Waals surface area contributed by atoms with E-state index in [9.17, 15) is 9.59 Å². The van der Waals surface area contributed by atoms with E-state index in [1.54, 1.807) is 24.7 Å². The van der Waals surface area contributed by atoms with Gasteiger partial charge in [-0.3, -0.25) is 9.59 Å². The van der Waals surface area contributed by atoms with Crippen LogP contribution < -0.4 is 5.56 Å². The fourth-order valence-electron chi connectivity index (χ4n) is 2.71. The van der Waals surface area contributed by atoms with Crippen molar-refractivity contribution in [1.29, 1.82) is 0 Å². The van der Waals surface area contributed by atoms with Gasteiger partial charge < -0.3 is 4.74 Å². The van der Waals surface area contributed by atoms with Crippen molar-refractivity contribution in [1.82, 2.24) is 19.6 Å². The lowest BCUT2D eigenvalue weighted by molar-refractivity contribution is -0.144. The highest BCUT2D eigenvalue weighted by molar-refractivity contribution is 5.81. The minimum absolute atomic E-state index is 0.221. The molecule has 0 aliphatic carbocycles. The van der Waals surface area contributed by atoms with Crippen LogP contribution in [0.2, 0.25) is 0 Å². The van der Waals surface area contributed by atoms with E-state index < -0.39 is 5.97 Å². The number of nitrogens with zero attached hydrogens (tertiary/aromatic N) is 4. The Morgan fingerprint density at radius 1 is 1.20 bits per heavy atom. The number of esters is 1. The monoisotopic (exact) mass is 340 g/mol. The molecule has 0 amide bonds. The maximum atomic E-state index is 12.9. The first-order valence-corrected chi connectivity index (χ1v) is 8.11. The van der Waals surface area contributed by atoms with Crippen molar-refractivity contribution in [3.63, 3.8) is 0 Å². The Bertz CT molecular complexity index is 1020. The van der Waals surface area contributed by atoms with Gasteiger partial charge in [-0.2, -0.15) is 10.2 Å². The van der Waals surface area contributed by atoms with Crippen LogP contribution in [0.3, 0.4) is 0 Å². The summed E-state index contributed by atoms with van der Waals surface area (Å²) in [6.45, 7) is 7.58. The molecule has 0 unspecified atom stereocenters. The molecule has 0 aliphatic rings. The van der Waals surface area contributed by atoms with Crippen LogP contribution in [0, 0.1) is 20.8 Å². The number of hydrogen-bond donors (Lipinski definition) is 0. The first-order valence-electron chi connectivity index (χ1n) is 8.11. The SMILES string of the molecule is CCOC(=O)Cn1nc(C)c2cnn(-c3ccc(C)c(C)c3)c2c1=O. The average Bonchev–Trinajstić information content (AvgIpc) is 3.01. The average molecular weight is 340 g/mol. The minimum atomic E-state index is -0.493. The van der Waals surface area contributed by atoms with Gasteiger partial charge in [0.15, 0.2) is 0 Å². The van der Waals surface area contributed by atoms with E-state index in [4.69, 9.17) is 4.74 Å². The van der Waals surface area contributed by atoms with Gasteiger partial charge in [0, 0.05) is 5.39 Å². The molecule has 7 heteroatoms. The molecule has 2 heterocycles. The third-order valence-corrected chi connectivity index (χ3v) is 4.19. The molecule has 0 bridgehead atoms. The number of benzene rings is 1. The molecule has 0 saturated heterocycles. The van der Waals surface area contributed by atoms with Gasteiger partial charge in [-0.15, -0.1) is 0 Å². The Hall–Kier alpha value is -2.96. The summed E-state index contributed by atoms with van der Waals surface area (Å²) in [4.78, 5) is 24.6. The fourth-order valence-corrected chi connectivity index (χ4v) is 2.71. The zero-order chi connectivity index (χ0) is 18.1. The summed E-state index contributed by atoms with van der Waals surface area (Å²) in [5.74, 6) is -0.493. The van der Waals surface area contributed by atoms with E-state index in [0.717, 1.165) is 21.5 Å². The third kappa shape index (κ3) is 3.05. The van der Waals surface area contributed by atoms with Gasteiger partial charge in [0.05, 0.1) is 24.2 Å². The van der Waals surface area contributed by atoms with Crippen LogP contribution in [-0.4, -0.2) is 32.1 Å². The largest absolute Gasteiger partial charge is 0.465 e. The van der Waals surface area contributed by atoms with Gasteiger partial charge in [-0.25, -0.2) is 9.36 Å². The normalized spacial score (nSPS) is 11.0. The van der Waals surface area contributed by atoms with Crippen molar-refractivity contribution < 1.29 is 9.53 Å². The molecule has 0 spiro atoms. The third-order valence-electron chi connectivity index (χ3n) is 4.19. The van der Waals surface area contributed by atoms with Gasteiger partial charge in [0.2, 0.25) is 0 Å². The number of aromatic nitrogens is 4. The molecular weight excluding hydrogens is 320 g/mol. The van der Waals surface area contributed by atoms with Gasteiger partial charge >= 0.3 is 5.97 Å². The number of ether oxygens (including phenoxy) is 1. The van der Waals surface area contributed by atoms with Crippen molar-refractivity contribution in [3.8, 4) is 5.69 Å². The number of carbonyl (C=O) groups is 1. The van der Waals surface area contributed by atoms with Crippen molar-refractivity contribution in [2.24, 2.45) is 0 Å². The summed E-state index contributed by atoms with van der Waals surface area (Å²) >= 11 is 0. The van der Waals surface area contributed by atoms with Crippen LogP contribution in [0.5, 0.6) is 0 Å². The molecule has 0 aliphatic heterocycles. The van der Waals surface area contributed by atoms with E-state index in [1.165, 1.54) is 0 Å². The van der Waals surface area contributed by atoms with Gasteiger partial charge in [-0.1, -0.05) is 6.07 Å². The molecule has 1 aromatic carbocycles. The van der Waals surface area contributed by atoms with E-state index >= 15 is 0 Å². The number of fused-ring (bicyclic) bond motifs is 1. The van der Waals surface area contributed by atoms with E-state index in [0.29, 0.717) is 16.6 Å². The Kier molecular flexibility index (Phi) is 4.39. The second-order valence-corrected chi connectivity index (χ2v) is 5.94. The summed E-state index contributed by atoms with van der Waals surface area (Å²) in [5.41, 5.74) is 3.73. The zero-order valence-electron chi connectivity index (χ0n) is 14.7. The molecule has 0 N–H and O–H groups in total. The van der Waals surface area contributed by atoms with Crippen molar-refractivity contribution in [3.05, 3.63) is 51.6 Å². The fraction of sp³-hybridized carbons (Fsp3) is 0.333. The van der Waals surface area contributed by atoms with Gasteiger partial charge in [0.1, 0.15) is 12.1 Å². The summed E-state index contributed by atoms with van der Waals surface area (Å²) in [6.07, 6.45) is 1.63. The molecule has 0 radical (unpaired) electrons. The van der Waals surface area contributed by atoms with E-state index in [-0.39, 0.29) is 18.7 Å². The number of carbonyl (C=O) groups excluding carboxylic acids is 1. The van der Waals surface area contributed by atoms with Gasteiger partial charge in [0.25, 0.3) is 5.56 Å². The topological polar surface area (TPSA) is 79.0 Å². The smallest absolute Gasteiger partial charge is 0.327 e. The predicted octanol–water partition coefficient (Wildman–Crippen LogP) is 2.07. The first kappa shape index (κ1) is 16.9. The molecule has 0 atom stereocenters. The molecule has 0 fully saturated rings. The molecule has 2 aromatic heterocycles. The minimum Gasteiger partial charge on any atom is -0.465 e. The lowest BCUT2D eigenvalue weighted by atomic mass is 10.1. The Balaban J connectivity index is 2.18. The highest BCUT2D eigenvalue weighted by Crippen LogP contribution is 2.19. The Labute approximate surface area is 144 Å². The maximum Gasteiger partial charge on any atom is 0.327 e. The molecule has 130 valence electrons. The Morgan fingerprint density at radius 2 is 1.96 bits per heavy atom. The zero-order valence-corrected chi connectivity index (χ0v) is 14.7. The molecule has 3 rings (SSSR count). The first-order chi connectivity index (χ1) is 11.9. The second-order valence-electron chi connectivity index (χ2n) is 5.94. The predicted molar refractivity (Wildman–Crippen MR) is 94.0 cm³/mol. The lowest BCUT2D eigenvalue weighted by Crippen LogP contribution is -2.29. The van der Waals surface area contributed by atoms with Crippen LogP contribution in [0.1, 0.15) is 23.7 Å². The molecule has 0 saturated carbocycles.